The summed E-state index contributed by atoms with van der Waals surface area (Å²) in [5, 5.41) is 2.96. The topological polar surface area (TPSA) is 66.8 Å². The fourth-order valence-corrected chi connectivity index (χ4v) is 4.53. The molecule has 0 bridgehead atoms. The molecule has 7 heteroatoms. The van der Waals surface area contributed by atoms with Crippen LogP contribution in [0.5, 0.6) is 5.75 Å². The fraction of sp³-hybridized carbons (Fsp3) is 0.333. The normalized spacial score (nSPS) is 14.9. The molecular formula is C27H32N4O3. The minimum atomic E-state index is -0.275. The summed E-state index contributed by atoms with van der Waals surface area (Å²) in [5.41, 5.74) is 3.00. The molecule has 1 aliphatic rings. The van der Waals surface area contributed by atoms with Crippen molar-refractivity contribution in [3.63, 3.8) is 0 Å². The number of hydrogen-bond acceptors (Lipinski definition) is 3. The predicted octanol–water partition coefficient (Wildman–Crippen LogP) is 4.05. The minimum Gasteiger partial charge on any atom is -0.496 e. The highest BCUT2D eigenvalue weighted by molar-refractivity contribution is 5.85. The van der Waals surface area contributed by atoms with E-state index in [4.69, 9.17) is 4.74 Å². The van der Waals surface area contributed by atoms with Crippen LogP contribution in [0.2, 0.25) is 0 Å². The van der Waals surface area contributed by atoms with Crippen molar-refractivity contribution in [3.8, 4) is 5.75 Å². The molecule has 0 saturated heterocycles. The maximum Gasteiger partial charge on any atom is 0.318 e. The van der Waals surface area contributed by atoms with Gasteiger partial charge in [0.1, 0.15) is 18.3 Å². The molecule has 3 amide bonds. The monoisotopic (exact) mass is 460 g/mol. The molecule has 1 aliphatic heterocycles. The van der Waals surface area contributed by atoms with E-state index in [1.807, 2.05) is 84.8 Å². The number of para-hydroxylation sites is 1. The van der Waals surface area contributed by atoms with Gasteiger partial charge in [-0.05, 0) is 30.2 Å². The number of nitrogens with one attached hydrogen (secondary N) is 1. The fourth-order valence-electron chi connectivity index (χ4n) is 4.53. The van der Waals surface area contributed by atoms with Crippen molar-refractivity contribution in [1.82, 2.24) is 19.7 Å². The van der Waals surface area contributed by atoms with Crippen molar-refractivity contribution in [2.75, 3.05) is 26.7 Å². The first kappa shape index (κ1) is 23.4. The highest BCUT2D eigenvalue weighted by atomic mass is 16.5. The molecule has 0 radical (unpaired) electrons. The largest absolute Gasteiger partial charge is 0.496 e. The van der Waals surface area contributed by atoms with Crippen molar-refractivity contribution < 1.29 is 14.3 Å². The van der Waals surface area contributed by atoms with E-state index in [1.165, 1.54) is 0 Å². The van der Waals surface area contributed by atoms with E-state index in [-0.39, 0.29) is 24.5 Å². The average Bonchev–Trinajstić information content (AvgIpc) is 3.36. The van der Waals surface area contributed by atoms with E-state index >= 15 is 0 Å². The van der Waals surface area contributed by atoms with Gasteiger partial charge in [0.15, 0.2) is 0 Å². The zero-order chi connectivity index (χ0) is 23.9. The van der Waals surface area contributed by atoms with Crippen LogP contribution in [0.1, 0.15) is 36.2 Å². The molecule has 4 rings (SSSR count). The minimum absolute atomic E-state index is 0.0286. The SMILES string of the molecule is CCCN(CC(=O)N1CCn2cccc2C1c1ccccc1OC)C(=O)NCc1ccccc1. The quantitative estimate of drug-likeness (QED) is 0.552. The van der Waals surface area contributed by atoms with Crippen LogP contribution >= 0.6 is 0 Å². The Morgan fingerprint density at radius 3 is 2.56 bits per heavy atom. The second-order valence-electron chi connectivity index (χ2n) is 8.42. The van der Waals surface area contributed by atoms with Gasteiger partial charge in [-0.2, -0.15) is 0 Å². The van der Waals surface area contributed by atoms with E-state index in [0.717, 1.165) is 29.0 Å². The lowest BCUT2D eigenvalue weighted by Gasteiger charge is -2.38. The number of carbonyl (C=O) groups excluding carboxylic acids is 2. The third-order valence-corrected chi connectivity index (χ3v) is 6.19. The van der Waals surface area contributed by atoms with Crippen molar-refractivity contribution >= 4 is 11.9 Å². The summed E-state index contributed by atoms with van der Waals surface area (Å²) in [5.74, 6) is 0.664. The van der Waals surface area contributed by atoms with Gasteiger partial charge in [-0.25, -0.2) is 4.79 Å². The zero-order valence-corrected chi connectivity index (χ0v) is 19.8. The summed E-state index contributed by atoms with van der Waals surface area (Å²) in [7, 11) is 1.65. The molecule has 1 N–H and O–H groups in total. The third kappa shape index (κ3) is 5.09. The summed E-state index contributed by atoms with van der Waals surface area (Å²) in [6.07, 6.45) is 2.81. The van der Waals surface area contributed by atoms with Crippen LogP contribution in [-0.2, 0) is 17.9 Å². The van der Waals surface area contributed by atoms with Gasteiger partial charge >= 0.3 is 6.03 Å². The summed E-state index contributed by atoms with van der Waals surface area (Å²) >= 11 is 0. The van der Waals surface area contributed by atoms with Crippen LogP contribution in [0.25, 0.3) is 0 Å². The number of rotatable bonds is 8. The summed E-state index contributed by atoms with van der Waals surface area (Å²) in [4.78, 5) is 30.1. The first-order chi connectivity index (χ1) is 16.6. The van der Waals surface area contributed by atoms with Crippen LogP contribution in [0.3, 0.4) is 0 Å². The number of nitrogens with zero attached hydrogens (tertiary/aromatic N) is 3. The highest BCUT2D eigenvalue weighted by Gasteiger charge is 2.34. The molecule has 2 heterocycles. The van der Waals surface area contributed by atoms with E-state index in [9.17, 15) is 9.59 Å². The Hall–Kier alpha value is -3.74. The van der Waals surface area contributed by atoms with Gasteiger partial charge in [0.2, 0.25) is 5.91 Å². The summed E-state index contributed by atoms with van der Waals surface area (Å²) in [6, 6.07) is 21.1. The van der Waals surface area contributed by atoms with Gasteiger partial charge in [0, 0.05) is 43.6 Å². The van der Waals surface area contributed by atoms with Crippen LogP contribution in [-0.4, -0.2) is 53.0 Å². The molecule has 0 saturated carbocycles. The van der Waals surface area contributed by atoms with Gasteiger partial charge in [-0.3, -0.25) is 4.79 Å². The van der Waals surface area contributed by atoms with E-state index in [0.29, 0.717) is 26.2 Å². The number of fused-ring (bicyclic) bond motifs is 1. The Morgan fingerprint density at radius 1 is 1.03 bits per heavy atom. The van der Waals surface area contributed by atoms with Crippen LogP contribution in [0, 0.1) is 0 Å². The summed E-state index contributed by atoms with van der Waals surface area (Å²) < 4.78 is 7.81. The first-order valence-corrected chi connectivity index (χ1v) is 11.8. The van der Waals surface area contributed by atoms with Gasteiger partial charge in [0.05, 0.1) is 7.11 Å². The van der Waals surface area contributed by atoms with Crippen molar-refractivity contribution in [1.29, 1.82) is 0 Å². The van der Waals surface area contributed by atoms with E-state index < -0.39 is 0 Å². The predicted molar refractivity (Wildman–Crippen MR) is 132 cm³/mol. The molecule has 0 spiro atoms. The molecule has 0 fully saturated rings. The van der Waals surface area contributed by atoms with Crippen LogP contribution in [0.4, 0.5) is 4.79 Å². The zero-order valence-electron chi connectivity index (χ0n) is 19.8. The maximum absolute atomic E-state index is 13.6. The van der Waals surface area contributed by atoms with Crippen molar-refractivity contribution in [2.45, 2.75) is 32.5 Å². The van der Waals surface area contributed by atoms with Crippen LogP contribution in [0.15, 0.2) is 72.9 Å². The number of carbonyl (C=O) groups is 2. The Balaban J connectivity index is 1.54. The van der Waals surface area contributed by atoms with E-state index in [2.05, 4.69) is 9.88 Å². The molecule has 1 unspecified atom stereocenters. The number of benzene rings is 2. The van der Waals surface area contributed by atoms with E-state index in [1.54, 1.807) is 12.0 Å². The molecular weight excluding hydrogens is 428 g/mol. The van der Waals surface area contributed by atoms with Gasteiger partial charge in [-0.15, -0.1) is 0 Å². The lowest BCUT2D eigenvalue weighted by Crippen LogP contribution is -2.50. The summed E-state index contributed by atoms with van der Waals surface area (Å²) in [6.45, 7) is 4.25. The Kier molecular flexibility index (Phi) is 7.52. The van der Waals surface area contributed by atoms with Crippen LogP contribution < -0.4 is 10.1 Å². The number of methoxy groups -OCH3 is 1. The Bertz CT molecular complexity index is 1110. The number of aromatic nitrogens is 1. The Labute approximate surface area is 200 Å². The molecule has 178 valence electrons. The Morgan fingerprint density at radius 2 is 1.79 bits per heavy atom. The molecule has 34 heavy (non-hydrogen) atoms. The molecule has 0 aliphatic carbocycles. The molecule has 1 aromatic heterocycles. The number of amides is 3. The maximum atomic E-state index is 13.6. The van der Waals surface area contributed by atoms with Crippen molar-refractivity contribution in [2.24, 2.45) is 0 Å². The first-order valence-electron chi connectivity index (χ1n) is 11.8. The number of hydrogen-bond donors (Lipinski definition) is 1. The second kappa shape index (κ2) is 10.9. The third-order valence-electron chi connectivity index (χ3n) is 6.19. The van der Waals surface area contributed by atoms with Gasteiger partial charge in [0.25, 0.3) is 0 Å². The van der Waals surface area contributed by atoms with Gasteiger partial charge < -0.3 is 24.4 Å². The number of ether oxygens (including phenoxy) is 1. The van der Waals surface area contributed by atoms with Gasteiger partial charge in [-0.1, -0.05) is 55.5 Å². The molecule has 7 nitrogen and oxygen atoms in total. The highest BCUT2D eigenvalue weighted by Crippen LogP contribution is 2.37. The van der Waals surface area contributed by atoms with Crippen molar-refractivity contribution in [3.05, 3.63) is 89.7 Å². The smallest absolute Gasteiger partial charge is 0.318 e. The second-order valence-corrected chi connectivity index (χ2v) is 8.42. The average molecular weight is 461 g/mol. The lowest BCUT2D eigenvalue weighted by atomic mass is 9.98. The standard InChI is InChI=1S/C27H32N4O3/c1-3-15-30(27(33)28-19-21-10-5-4-6-11-21)20-25(32)31-18-17-29-16-9-13-23(29)26(31)22-12-7-8-14-24(22)34-2/h4-14,16,26H,3,15,17-20H2,1-2H3,(H,28,33). The molecule has 2 aromatic carbocycles. The lowest BCUT2D eigenvalue weighted by molar-refractivity contribution is -0.134. The molecule has 3 aromatic rings. The molecule has 1 atom stereocenters. The number of urea groups is 1.